The molecule has 0 bridgehead atoms. The Balaban J connectivity index is 1.30. The Morgan fingerprint density at radius 3 is 1.11 bits per heavy atom. The molecule has 0 saturated carbocycles. The maximum atomic E-state index is 9.41. The van der Waals surface area contributed by atoms with Crippen LogP contribution in [0.2, 0.25) is 13.1 Å². The summed E-state index contributed by atoms with van der Waals surface area (Å²) in [6.45, 7) is 37.3. The molecule has 4 aliphatic rings. The number of hydrogen-bond acceptors (Lipinski definition) is 2. The van der Waals surface area contributed by atoms with Gasteiger partial charge in [0.2, 0.25) is 0 Å². The molecule has 70 heavy (non-hydrogen) atoms. The van der Waals surface area contributed by atoms with Gasteiger partial charge < -0.3 is 0 Å². The van der Waals surface area contributed by atoms with Crippen LogP contribution in [0.5, 0.6) is 0 Å². The molecule has 2 aromatic heterocycles. The standard InChI is InChI=1S/2C31H35O.C2H7Si.2ClH.Zr/c2*1-19-11-12-28(32-19)22-14-21-13-20-9-8-10-26(20)29(27(21)17-22)23-15-24(30(2,3)4)18-25(16-23)31(5,6)7;1-3-2;;;/h2*11-18H,8-10H2,1-7H3;3H,1-2H3;2*1H;/q;;;;;+2/p-2. The molecule has 0 amide bonds. The van der Waals surface area contributed by atoms with Crippen molar-refractivity contribution in [2.24, 2.45) is 0 Å². The zero-order valence-corrected chi connectivity index (χ0v) is 50.3. The van der Waals surface area contributed by atoms with E-state index in [0.29, 0.717) is 0 Å². The van der Waals surface area contributed by atoms with E-state index in [2.05, 4.69) is 195 Å². The molecule has 4 aliphatic carbocycles. The van der Waals surface area contributed by atoms with Crippen LogP contribution in [-0.4, -0.2) is 5.92 Å². The van der Waals surface area contributed by atoms with Crippen molar-refractivity contribution in [2.75, 3.05) is 0 Å². The monoisotopic (exact) mass is 1070 g/mol. The first-order valence-corrected chi connectivity index (χ1v) is 42.7. The van der Waals surface area contributed by atoms with E-state index < -0.39 is 21.5 Å². The Morgan fingerprint density at radius 1 is 0.486 bits per heavy atom. The van der Waals surface area contributed by atoms with Crippen molar-refractivity contribution in [3.63, 3.8) is 0 Å². The normalized spacial score (nSPS) is 18.7. The molecule has 0 saturated heterocycles. The van der Waals surface area contributed by atoms with Crippen molar-refractivity contribution in [2.45, 2.75) is 177 Å². The molecule has 6 heteroatoms. The second kappa shape index (κ2) is 16.8. The molecule has 2 nitrogen and oxygen atoms in total. The third-order valence-electron chi connectivity index (χ3n) is 17.0. The summed E-state index contributed by atoms with van der Waals surface area (Å²) in [5, 5.41) is 0. The Morgan fingerprint density at radius 2 is 0.829 bits per heavy atom. The maximum absolute atomic E-state index is 9.41. The SMILES string of the molecule is Cc1ccc(C2=Cc3c(cc4c(c3-c3cc(C(C)(C)C)cc(C(C)(C)C)c3)CCC4)[CH]2[Zr]([Cl])([Cl])([CH]2C(c3ccc(C)o3)=Cc3c2cc2c(c3-c3cc(C(C)(C)C)cc(C(C)(C)C)c3)CCC2)[SiH](C)C)o1. The molecule has 0 fully saturated rings. The van der Waals surface area contributed by atoms with Crippen LogP contribution in [-0.2, 0) is 62.9 Å². The van der Waals surface area contributed by atoms with Gasteiger partial charge in [-0.1, -0.05) is 0 Å². The third kappa shape index (κ3) is 8.19. The molecule has 0 aliphatic heterocycles. The second-order valence-corrected chi connectivity index (χ2v) is 68.9. The summed E-state index contributed by atoms with van der Waals surface area (Å²) >= 11 is -5.55. The van der Waals surface area contributed by atoms with Crippen molar-refractivity contribution < 1.29 is 24.4 Å². The van der Waals surface area contributed by atoms with Crippen molar-refractivity contribution in [3.8, 4) is 22.3 Å². The number of fused-ring (bicyclic) bond motifs is 4. The van der Waals surface area contributed by atoms with E-state index in [0.717, 1.165) is 72.7 Å². The van der Waals surface area contributed by atoms with E-state index in [4.69, 9.17) is 8.83 Å². The van der Waals surface area contributed by atoms with Gasteiger partial charge in [0.05, 0.1) is 0 Å². The zero-order valence-electron chi connectivity index (χ0n) is 45.1. The Labute approximate surface area is 429 Å². The topological polar surface area (TPSA) is 26.3 Å². The quantitative estimate of drug-likeness (QED) is 0.149. The van der Waals surface area contributed by atoms with Gasteiger partial charge in [-0.15, -0.1) is 0 Å². The van der Waals surface area contributed by atoms with Gasteiger partial charge in [-0.2, -0.15) is 0 Å². The van der Waals surface area contributed by atoms with E-state index in [1.807, 2.05) is 0 Å². The minimum absolute atomic E-state index is 0.0260. The average Bonchev–Trinajstić information content (AvgIpc) is 4.13. The Bertz CT molecular complexity index is 2920. The average molecular weight is 1070 g/mol. The second-order valence-electron chi connectivity index (χ2n) is 26.4. The number of benzene rings is 4. The molecule has 2 heterocycles. The predicted molar refractivity (Wildman–Crippen MR) is 301 cm³/mol. The molecule has 367 valence electrons. The van der Waals surface area contributed by atoms with Crippen LogP contribution in [0, 0.1) is 13.8 Å². The summed E-state index contributed by atoms with van der Waals surface area (Å²) in [6, 6.07) is 28.7. The molecular formula is C64H77Cl2O2SiZr. The summed E-state index contributed by atoms with van der Waals surface area (Å²) in [5.41, 5.74) is 24.1. The fraction of sp³-hybridized carbons (Fsp3) is 0.438. The van der Waals surface area contributed by atoms with Crippen LogP contribution in [0.4, 0.5) is 0 Å². The molecule has 4 aromatic carbocycles. The van der Waals surface area contributed by atoms with Crippen LogP contribution >= 0.6 is 17.0 Å². The number of hydrogen-bond donors (Lipinski definition) is 0. The van der Waals surface area contributed by atoms with Gasteiger partial charge in [-0.25, -0.2) is 0 Å². The number of allylic oxidation sites excluding steroid dienone is 2. The number of furan rings is 2. The van der Waals surface area contributed by atoms with Crippen LogP contribution in [0.25, 0.3) is 45.6 Å². The molecule has 6 aromatic rings. The number of rotatable bonds is 7. The van der Waals surface area contributed by atoms with Crippen molar-refractivity contribution in [1.82, 2.24) is 0 Å². The molecule has 10 rings (SSSR count). The van der Waals surface area contributed by atoms with Gasteiger partial charge in [0.25, 0.3) is 0 Å². The van der Waals surface area contributed by atoms with Crippen molar-refractivity contribution in [3.05, 3.63) is 163 Å². The summed E-state index contributed by atoms with van der Waals surface area (Å²) < 4.78 is 13.2. The van der Waals surface area contributed by atoms with Gasteiger partial charge in [-0.05, 0) is 0 Å². The number of halogens is 2. The predicted octanol–water partition coefficient (Wildman–Crippen LogP) is 18.9. The van der Waals surface area contributed by atoms with Gasteiger partial charge in [0.15, 0.2) is 0 Å². The third-order valence-corrected chi connectivity index (χ3v) is 68.5. The molecule has 0 N–H and O–H groups in total. The first-order valence-electron chi connectivity index (χ1n) is 26.4. The Hall–Kier alpha value is -3.40. The van der Waals surface area contributed by atoms with Crippen LogP contribution < -0.4 is 0 Å². The Kier molecular flexibility index (Phi) is 12.0. The van der Waals surface area contributed by atoms with Crippen LogP contribution in [0.15, 0.2) is 81.6 Å². The fourth-order valence-corrected chi connectivity index (χ4v) is 42.7. The van der Waals surface area contributed by atoms with Gasteiger partial charge in [0, 0.05) is 0 Å². The molecule has 2 atom stereocenters. The van der Waals surface area contributed by atoms with E-state index in [1.54, 1.807) is 0 Å². The summed E-state index contributed by atoms with van der Waals surface area (Å²) in [5.74, 6) is 1.55. The van der Waals surface area contributed by atoms with Gasteiger partial charge in [-0.3, -0.25) is 0 Å². The molecule has 2 unspecified atom stereocenters. The van der Waals surface area contributed by atoms with Crippen LogP contribution in [0.3, 0.4) is 0 Å². The van der Waals surface area contributed by atoms with E-state index in [-0.39, 0.29) is 28.9 Å². The first-order chi connectivity index (χ1) is 32.5. The molecule has 0 radical (unpaired) electrons. The van der Waals surface area contributed by atoms with Gasteiger partial charge in [0.1, 0.15) is 0 Å². The molecular weight excluding hydrogens is 991 g/mol. The number of aryl methyl sites for hydroxylation is 4. The van der Waals surface area contributed by atoms with Crippen molar-refractivity contribution >= 4 is 46.2 Å². The van der Waals surface area contributed by atoms with Crippen molar-refractivity contribution in [1.29, 1.82) is 0 Å². The summed E-state index contributed by atoms with van der Waals surface area (Å²) in [7, 11) is 18.8. The zero-order chi connectivity index (χ0) is 50.4. The summed E-state index contributed by atoms with van der Waals surface area (Å²) in [6.07, 6.45) is 11.5. The van der Waals surface area contributed by atoms with E-state index in [9.17, 15) is 17.0 Å². The fourth-order valence-electron chi connectivity index (χ4n) is 12.7. The van der Waals surface area contributed by atoms with E-state index >= 15 is 0 Å². The minimum atomic E-state index is -5.55. The van der Waals surface area contributed by atoms with Crippen LogP contribution in [0.1, 0.15) is 193 Å². The van der Waals surface area contributed by atoms with Gasteiger partial charge >= 0.3 is 433 Å². The summed E-state index contributed by atoms with van der Waals surface area (Å²) in [4.78, 5) is 0. The first kappa shape index (κ1) is 50.1. The molecule has 0 spiro atoms. The van der Waals surface area contributed by atoms with E-state index in [1.165, 1.54) is 89.0 Å².